The smallest absolute Gasteiger partial charge is 0.173 e. The molecule has 86 valence electrons. The molecule has 0 aliphatic heterocycles. The van der Waals surface area contributed by atoms with Gasteiger partial charge in [0.25, 0.3) is 0 Å². The number of Topliss-reactive ketones (excluding diaryl/α,β-unsaturated/α-hetero) is 1. The summed E-state index contributed by atoms with van der Waals surface area (Å²) >= 11 is 1.53. The predicted molar refractivity (Wildman–Crippen MR) is 72.4 cm³/mol. The van der Waals surface area contributed by atoms with Gasteiger partial charge in [0, 0.05) is 16.1 Å². The summed E-state index contributed by atoms with van der Waals surface area (Å²) in [5.41, 5.74) is 7.10. The summed E-state index contributed by atoms with van der Waals surface area (Å²) in [6, 6.07) is 16.9. The summed E-state index contributed by atoms with van der Waals surface area (Å²) in [5.74, 6) is 0.598. The number of rotatable bonds is 4. The van der Waals surface area contributed by atoms with E-state index >= 15 is 0 Å². The summed E-state index contributed by atoms with van der Waals surface area (Å²) < 4.78 is 0. The van der Waals surface area contributed by atoms with Gasteiger partial charge in [-0.05, 0) is 24.3 Å². The second-order valence-corrected chi connectivity index (χ2v) is 4.70. The number of thioether (sulfide) groups is 1. The zero-order valence-electron chi connectivity index (χ0n) is 9.30. The summed E-state index contributed by atoms with van der Waals surface area (Å²) in [4.78, 5) is 12.9. The van der Waals surface area contributed by atoms with Gasteiger partial charge in [-0.25, -0.2) is 0 Å². The van der Waals surface area contributed by atoms with E-state index in [0.717, 1.165) is 16.1 Å². The molecule has 2 aromatic carbocycles. The fourth-order valence-electron chi connectivity index (χ4n) is 1.42. The Balaban J connectivity index is 1.95. The minimum Gasteiger partial charge on any atom is -0.399 e. The fraction of sp³-hybridized carbons (Fsp3) is 0.0714. The molecule has 0 bridgehead atoms. The number of nitrogen functional groups attached to an aromatic ring is 1. The van der Waals surface area contributed by atoms with Crippen molar-refractivity contribution in [3.05, 3.63) is 60.2 Å². The van der Waals surface area contributed by atoms with Gasteiger partial charge in [-0.1, -0.05) is 30.3 Å². The molecule has 0 unspecified atom stereocenters. The number of hydrogen-bond acceptors (Lipinski definition) is 3. The van der Waals surface area contributed by atoms with Crippen LogP contribution in [0.1, 0.15) is 10.4 Å². The summed E-state index contributed by atoms with van der Waals surface area (Å²) in [5, 5.41) is 0. The molecule has 2 N–H and O–H groups in total. The largest absolute Gasteiger partial charge is 0.399 e. The van der Waals surface area contributed by atoms with Gasteiger partial charge in [-0.2, -0.15) is 0 Å². The van der Waals surface area contributed by atoms with E-state index in [-0.39, 0.29) is 5.78 Å². The molecule has 0 amide bonds. The lowest BCUT2D eigenvalue weighted by Crippen LogP contribution is -2.01. The van der Waals surface area contributed by atoms with Gasteiger partial charge in [0.05, 0.1) is 5.75 Å². The minimum absolute atomic E-state index is 0.146. The third-order valence-corrected chi connectivity index (χ3v) is 3.36. The van der Waals surface area contributed by atoms with Crippen molar-refractivity contribution in [1.29, 1.82) is 0 Å². The van der Waals surface area contributed by atoms with Gasteiger partial charge in [-0.15, -0.1) is 11.8 Å². The molecule has 0 heterocycles. The molecule has 2 aromatic rings. The lowest BCUT2D eigenvalue weighted by atomic mass is 10.2. The lowest BCUT2D eigenvalue weighted by molar-refractivity contribution is 0.102. The van der Waals surface area contributed by atoms with Crippen LogP contribution in [0, 0.1) is 0 Å². The van der Waals surface area contributed by atoms with E-state index in [1.807, 2.05) is 54.6 Å². The molecule has 2 rings (SSSR count). The maximum atomic E-state index is 11.8. The van der Waals surface area contributed by atoms with Gasteiger partial charge >= 0.3 is 0 Å². The zero-order valence-corrected chi connectivity index (χ0v) is 10.1. The van der Waals surface area contributed by atoms with Crippen molar-refractivity contribution >= 4 is 23.2 Å². The van der Waals surface area contributed by atoms with Gasteiger partial charge in [0.2, 0.25) is 0 Å². The monoisotopic (exact) mass is 243 g/mol. The molecule has 0 saturated heterocycles. The Bertz CT molecular complexity index is 493. The van der Waals surface area contributed by atoms with Gasteiger partial charge in [0.15, 0.2) is 5.78 Å². The number of hydrogen-bond donors (Lipinski definition) is 1. The Morgan fingerprint density at radius 3 is 2.29 bits per heavy atom. The highest BCUT2D eigenvalue weighted by molar-refractivity contribution is 8.00. The Kier molecular flexibility index (Phi) is 3.83. The quantitative estimate of drug-likeness (QED) is 0.509. The molecular formula is C14H13NOS. The van der Waals surface area contributed by atoms with Crippen molar-refractivity contribution in [3.8, 4) is 0 Å². The number of ketones is 1. The van der Waals surface area contributed by atoms with Crippen LogP contribution in [0.5, 0.6) is 0 Å². The van der Waals surface area contributed by atoms with Gasteiger partial charge < -0.3 is 5.73 Å². The van der Waals surface area contributed by atoms with E-state index in [2.05, 4.69) is 0 Å². The summed E-state index contributed by atoms with van der Waals surface area (Å²) in [6.07, 6.45) is 0. The van der Waals surface area contributed by atoms with Crippen molar-refractivity contribution in [2.75, 3.05) is 11.5 Å². The van der Waals surface area contributed by atoms with Gasteiger partial charge in [-0.3, -0.25) is 4.79 Å². The lowest BCUT2D eigenvalue weighted by Gasteiger charge is -2.02. The minimum atomic E-state index is 0.146. The average Bonchev–Trinajstić information content (AvgIpc) is 2.39. The Morgan fingerprint density at radius 1 is 1.00 bits per heavy atom. The maximum absolute atomic E-state index is 11.8. The number of nitrogens with two attached hydrogens (primary N) is 1. The van der Waals surface area contributed by atoms with Crippen LogP contribution in [-0.4, -0.2) is 11.5 Å². The van der Waals surface area contributed by atoms with Crippen molar-refractivity contribution in [1.82, 2.24) is 0 Å². The molecule has 0 radical (unpaired) electrons. The highest BCUT2D eigenvalue weighted by Crippen LogP contribution is 2.20. The van der Waals surface area contributed by atoms with Crippen molar-refractivity contribution < 1.29 is 4.79 Å². The SMILES string of the molecule is Nc1ccc(SCC(=O)c2ccccc2)cc1. The molecule has 0 aromatic heterocycles. The van der Waals surface area contributed by atoms with Crippen LogP contribution in [0.4, 0.5) is 5.69 Å². The first-order valence-corrected chi connectivity index (χ1v) is 6.31. The van der Waals surface area contributed by atoms with Crippen molar-refractivity contribution in [2.24, 2.45) is 0 Å². The first-order chi connectivity index (χ1) is 8.25. The Morgan fingerprint density at radius 2 is 1.65 bits per heavy atom. The van der Waals surface area contributed by atoms with E-state index in [1.165, 1.54) is 11.8 Å². The van der Waals surface area contributed by atoms with E-state index in [1.54, 1.807) is 0 Å². The molecule has 0 fully saturated rings. The third kappa shape index (κ3) is 3.36. The van der Waals surface area contributed by atoms with Crippen LogP contribution in [0.3, 0.4) is 0 Å². The van der Waals surface area contributed by atoms with E-state index < -0.39 is 0 Å². The van der Waals surface area contributed by atoms with Crippen LogP contribution >= 0.6 is 11.8 Å². The standard InChI is InChI=1S/C14H13NOS/c15-12-6-8-13(9-7-12)17-10-14(16)11-4-2-1-3-5-11/h1-9H,10,15H2. The van der Waals surface area contributed by atoms with E-state index in [0.29, 0.717) is 5.75 Å². The zero-order chi connectivity index (χ0) is 12.1. The van der Waals surface area contributed by atoms with E-state index in [4.69, 9.17) is 5.73 Å². The molecule has 0 atom stereocenters. The van der Waals surface area contributed by atoms with Crippen molar-refractivity contribution in [3.63, 3.8) is 0 Å². The van der Waals surface area contributed by atoms with Crippen molar-refractivity contribution in [2.45, 2.75) is 4.90 Å². The third-order valence-electron chi connectivity index (χ3n) is 2.35. The van der Waals surface area contributed by atoms with Crippen LogP contribution in [-0.2, 0) is 0 Å². The maximum Gasteiger partial charge on any atom is 0.173 e. The fourth-order valence-corrected chi connectivity index (χ4v) is 2.21. The summed E-state index contributed by atoms with van der Waals surface area (Å²) in [6.45, 7) is 0. The number of anilines is 1. The molecule has 17 heavy (non-hydrogen) atoms. The van der Waals surface area contributed by atoms with E-state index in [9.17, 15) is 4.79 Å². The van der Waals surface area contributed by atoms with Crippen LogP contribution in [0.15, 0.2) is 59.5 Å². The van der Waals surface area contributed by atoms with Crippen LogP contribution in [0.2, 0.25) is 0 Å². The second-order valence-electron chi connectivity index (χ2n) is 3.65. The molecular weight excluding hydrogens is 230 g/mol. The first-order valence-electron chi connectivity index (χ1n) is 5.32. The highest BCUT2D eigenvalue weighted by Gasteiger charge is 2.05. The number of carbonyl (C=O) groups excluding carboxylic acids is 1. The Labute approximate surface area is 105 Å². The average molecular weight is 243 g/mol. The molecule has 0 aliphatic carbocycles. The predicted octanol–water partition coefficient (Wildman–Crippen LogP) is 3.24. The summed E-state index contributed by atoms with van der Waals surface area (Å²) in [7, 11) is 0. The van der Waals surface area contributed by atoms with Crippen LogP contribution in [0.25, 0.3) is 0 Å². The second kappa shape index (κ2) is 5.55. The number of benzene rings is 2. The molecule has 0 aliphatic rings. The Hall–Kier alpha value is -1.74. The molecule has 3 heteroatoms. The molecule has 2 nitrogen and oxygen atoms in total. The molecule has 0 spiro atoms. The first kappa shape index (κ1) is 11.7. The van der Waals surface area contributed by atoms with Gasteiger partial charge in [0.1, 0.15) is 0 Å². The molecule has 0 saturated carbocycles. The normalized spacial score (nSPS) is 10.1. The number of carbonyl (C=O) groups is 1. The topological polar surface area (TPSA) is 43.1 Å². The highest BCUT2D eigenvalue weighted by atomic mass is 32.2. The van der Waals surface area contributed by atoms with Crippen LogP contribution < -0.4 is 5.73 Å².